The summed E-state index contributed by atoms with van der Waals surface area (Å²) < 4.78 is 13.1. The first-order chi connectivity index (χ1) is 7.27. The minimum Gasteiger partial charge on any atom is -0.207 e. The number of halogens is 2. The van der Waals surface area contributed by atoms with E-state index >= 15 is 0 Å². The molecule has 0 nitrogen and oxygen atoms in total. The zero-order chi connectivity index (χ0) is 10.4. The molecule has 0 amide bonds. The van der Waals surface area contributed by atoms with Crippen LogP contribution in [0.15, 0.2) is 42.5 Å². The first-order valence-corrected chi connectivity index (χ1v) is 5.72. The quantitative estimate of drug-likeness (QED) is 0.622. The van der Waals surface area contributed by atoms with Gasteiger partial charge >= 0.3 is 0 Å². The lowest BCUT2D eigenvalue weighted by Crippen LogP contribution is -1.86. The van der Waals surface area contributed by atoms with Crippen molar-refractivity contribution in [2.45, 2.75) is 4.83 Å². The standard InChI is InChI=1S/C13H8BrF/c14-13-11-4-2-1-3-9(11)10-6-5-8(15)7-12(10)13/h1-7,13H. The predicted molar refractivity (Wildman–Crippen MR) is 62.6 cm³/mol. The minimum atomic E-state index is -0.175. The van der Waals surface area contributed by atoms with Crippen LogP contribution in [0, 0.1) is 5.82 Å². The molecule has 0 aliphatic heterocycles. The molecule has 1 unspecified atom stereocenters. The second-order valence-electron chi connectivity index (χ2n) is 3.68. The highest BCUT2D eigenvalue weighted by molar-refractivity contribution is 9.09. The molecule has 2 heteroatoms. The molecular weight excluding hydrogens is 255 g/mol. The highest BCUT2D eigenvalue weighted by Crippen LogP contribution is 2.47. The molecule has 1 aliphatic rings. The fourth-order valence-electron chi connectivity index (χ4n) is 2.12. The highest BCUT2D eigenvalue weighted by atomic mass is 79.9. The van der Waals surface area contributed by atoms with E-state index in [2.05, 4.69) is 28.1 Å². The van der Waals surface area contributed by atoms with Crippen molar-refractivity contribution >= 4 is 15.9 Å². The van der Waals surface area contributed by atoms with Crippen molar-refractivity contribution in [2.24, 2.45) is 0 Å². The van der Waals surface area contributed by atoms with Crippen LogP contribution in [0.5, 0.6) is 0 Å². The lowest BCUT2D eigenvalue weighted by atomic mass is 10.1. The van der Waals surface area contributed by atoms with E-state index in [0.717, 1.165) is 11.1 Å². The summed E-state index contributed by atoms with van der Waals surface area (Å²) in [6.45, 7) is 0. The Hall–Kier alpha value is -1.15. The van der Waals surface area contributed by atoms with E-state index in [1.54, 1.807) is 6.07 Å². The van der Waals surface area contributed by atoms with Crippen LogP contribution in [0.25, 0.3) is 11.1 Å². The second kappa shape index (κ2) is 3.17. The smallest absolute Gasteiger partial charge is 0.123 e. The van der Waals surface area contributed by atoms with Gasteiger partial charge in [0.25, 0.3) is 0 Å². The van der Waals surface area contributed by atoms with E-state index < -0.39 is 0 Å². The topological polar surface area (TPSA) is 0 Å². The highest BCUT2D eigenvalue weighted by Gasteiger charge is 2.26. The molecule has 0 saturated carbocycles. The van der Waals surface area contributed by atoms with Crippen LogP contribution in [-0.2, 0) is 0 Å². The third-order valence-electron chi connectivity index (χ3n) is 2.81. The number of alkyl halides is 1. The zero-order valence-electron chi connectivity index (χ0n) is 7.87. The lowest BCUT2D eigenvalue weighted by Gasteiger charge is -2.03. The van der Waals surface area contributed by atoms with Gasteiger partial charge in [-0.05, 0) is 34.4 Å². The summed E-state index contributed by atoms with van der Waals surface area (Å²) in [6.07, 6.45) is 0. The fraction of sp³-hybridized carbons (Fsp3) is 0.0769. The van der Waals surface area contributed by atoms with Gasteiger partial charge in [-0.2, -0.15) is 0 Å². The normalized spacial score (nSPS) is 17.3. The minimum absolute atomic E-state index is 0.124. The third-order valence-corrected chi connectivity index (χ3v) is 3.80. The molecular formula is C13H8BrF. The van der Waals surface area contributed by atoms with Gasteiger partial charge in [0, 0.05) is 0 Å². The number of hydrogen-bond donors (Lipinski definition) is 0. The summed E-state index contributed by atoms with van der Waals surface area (Å²) in [5, 5.41) is 0. The van der Waals surface area contributed by atoms with Crippen molar-refractivity contribution in [2.75, 3.05) is 0 Å². The van der Waals surface area contributed by atoms with Crippen LogP contribution in [0.2, 0.25) is 0 Å². The molecule has 15 heavy (non-hydrogen) atoms. The Balaban J connectivity index is 2.32. The fourth-order valence-corrected chi connectivity index (χ4v) is 2.90. The van der Waals surface area contributed by atoms with Gasteiger partial charge in [0.1, 0.15) is 5.82 Å². The largest absolute Gasteiger partial charge is 0.207 e. The van der Waals surface area contributed by atoms with Crippen LogP contribution in [0.4, 0.5) is 4.39 Å². The summed E-state index contributed by atoms with van der Waals surface area (Å²) in [5.41, 5.74) is 4.58. The molecule has 3 rings (SSSR count). The third kappa shape index (κ3) is 1.25. The van der Waals surface area contributed by atoms with Crippen molar-refractivity contribution in [3.63, 3.8) is 0 Å². The van der Waals surface area contributed by atoms with Gasteiger partial charge in [-0.15, -0.1) is 0 Å². The molecule has 0 bridgehead atoms. The molecule has 0 saturated heterocycles. The van der Waals surface area contributed by atoms with Crippen LogP contribution in [0.3, 0.4) is 0 Å². The predicted octanol–water partition coefficient (Wildman–Crippen LogP) is 4.29. The Labute approximate surface area is 95.9 Å². The van der Waals surface area contributed by atoms with Crippen LogP contribution >= 0.6 is 15.9 Å². The monoisotopic (exact) mass is 262 g/mol. The summed E-state index contributed by atoms with van der Waals surface area (Å²) >= 11 is 3.60. The molecule has 74 valence electrons. The van der Waals surface area contributed by atoms with Gasteiger partial charge in [-0.25, -0.2) is 4.39 Å². The van der Waals surface area contributed by atoms with Crippen LogP contribution in [-0.4, -0.2) is 0 Å². The van der Waals surface area contributed by atoms with Gasteiger partial charge < -0.3 is 0 Å². The summed E-state index contributed by atoms with van der Waals surface area (Å²) in [5.74, 6) is -0.175. The molecule has 0 radical (unpaired) electrons. The SMILES string of the molecule is Fc1ccc2c(c1)C(Br)c1ccccc1-2. The van der Waals surface area contributed by atoms with E-state index in [9.17, 15) is 4.39 Å². The molecule has 1 aliphatic carbocycles. The molecule has 0 N–H and O–H groups in total. The first kappa shape index (κ1) is 9.10. The van der Waals surface area contributed by atoms with Gasteiger partial charge in [-0.1, -0.05) is 46.3 Å². The van der Waals surface area contributed by atoms with E-state index in [-0.39, 0.29) is 10.6 Å². The maximum Gasteiger partial charge on any atom is 0.123 e. The second-order valence-corrected chi connectivity index (χ2v) is 4.60. The maximum atomic E-state index is 13.1. The molecule has 0 heterocycles. The maximum absolute atomic E-state index is 13.1. The average molecular weight is 263 g/mol. The van der Waals surface area contributed by atoms with Crippen molar-refractivity contribution in [3.05, 3.63) is 59.4 Å². The van der Waals surface area contributed by atoms with E-state index in [1.165, 1.54) is 17.2 Å². The Morgan fingerprint density at radius 2 is 1.67 bits per heavy atom. The number of fused-ring (bicyclic) bond motifs is 3. The molecule has 0 spiro atoms. The summed E-state index contributed by atoms with van der Waals surface area (Å²) in [4.78, 5) is 0.124. The van der Waals surface area contributed by atoms with Crippen molar-refractivity contribution < 1.29 is 4.39 Å². The van der Waals surface area contributed by atoms with Gasteiger partial charge in [0.15, 0.2) is 0 Å². The molecule has 2 aromatic rings. The Morgan fingerprint density at radius 3 is 2.53 bits per heavy atom. The van der Waals surface area contributed by atoms with E-state index in [4.69, 9.17) is 0 Å². The zero-order valence-corrected chi connectivity index (χ0v) is 9.46. The van der Waals surface area contributed by atoms with Gasteiger partial charge in [0.2, 0.25) is 0 Å². The molecule has 1 atom stereocenters. The number of benzene rings is 2. The first-order valence-electron chi connectivity index (χ1n) is 4.80. The average Bonchev–Trinajstić information content (AvgIpc) is 2.54. The van der Waals surface area contributed by atoms with Crippen molar-refractivity contribution in [1.82, 2.24) is 0 Å². The number of hydrogen-bond acceptors (Lipinski definition) is 0. The van der Waals surface area contributed by atoms with Gasteiger partial charge in [0.05, 0.1) is 4.83 Å². The van der Waals surface area contributed by atoms with Crippen molar-refractivity contribution in [3.8, 4) is 11.1 Å². The Bertz CT molecular complexity index is 534. The number of rotatable bonds is 0. The summed E-state index contributed by atoms with van der Waals surface area (Å²) in [7, 11) is 0. The Morgan fingerprint density at radius 1 is 0.933 bits per heavy atom. The summed E-state index contributed by atoms with van der Waals surface area (Å²) in [6, 6.07) is 13.1. The molecule has 0 fully saturated rings. The lowest BCUT2D eigenvalue weighted by molar-refractivity contribution is 0.626. The Kier molecular flexibility index (Phi) is 1.93. The molecule has 2 aromatic carbocycles. The van der Waals surface area contributed by atoms with E-state index in [0.29, 0.717) is 0 Å². The van der Waals surface area contributed by atoms with Crippen LogP contribution < -0.4 is 0 Å². The van der Waals surface area contributed by atoms with Gasteiger partial charge in [-0.3, -0.25) is 0 Å². The van der Waals surface area contributed by atoms with Crippen molar-refractivity contribution in [1.29, 1.82) is 0 Å². The van der Waals surface area contributed by atoms with Crippen LogP contribution in [0.1, 0.15) is 16.0 Å². The van der Waals surface area contributed by atoms with E-state index in [1.807, 2.05) is 18.2 Å². The molecule has 0 aromatic heterocycles.